The molecule has 3 heteroatoms. The lowest BCUT2D eigenvalue weighted by atomic mass is 10.3. The molecule has 0 aliphatic carbocycles. The fraction of sp³-hybridized carbons (Fsp3) is 1.00. The van der Waals surface area contributed by atoms with E-state index in [0.717, 1.165) is 6.54 Å². The Labute approximate surface area is 54.6 Å². The van der Waals surface area contributed by atoms with Gasteiger partial charge in [-0.2, -0.15) is 0 Å². The van der Waals surface area contributed by atoms with Gasteiger partial charge in [0.25, 0.3) is 0 Å². The number of nitrogens with two attached hydrogens (primary N) is 1. The summed E-state index contributed by atoms with van der Waals surface area (Å²) >= 11 is 1.79. The van der Waals surface area contributed by atoms with Crippen LogP contribution in [0.1, 0.15) is 6.42 Å². The molecule has 0 aromatic heterocycles. The van der Waals surface area contributed by atoms with Gasteiger partial charge in [0.1, 0.15) is 0 Å². The maximum absolute atomic E-state index is 5.65. The molecule has 1 rings (SSSR count). The SMILES string of the molecule is CSN1CCC(N)C1. The topological polar surface area (TPSA) is 29.3 Å². The van der Waals surface area contributed by atoms with Gasteiger partial charge in [-0.25, -0.2) is 4.31 Å². The van der Waals surface area contributed by atoms with Gasteiger partial charge in [-0.15, -0.1) is 0 Å². The van der Waals surface area contributed by atoms with Crippen LogP contribution in [0.15, 0.2) is 0 Å². The van der Waals surface area contributed by atoms with Crippen LogP contribution < -0.4 is 5.73 Å². The van der Waals surface area contributed by atoms with Crippen LogP contribution >= 0.6 is 11.9 Å². The number of hydrogen-bond acceptors (Lipinski definition) is 3. The quantitative estimate of drug-likeness (QED) is 0.520. The Balaban J connectivity index is 2.22. The van der Waals surface area contributed by atoms with Gasteiger partial charge in [-0.1, -0.05) is 11.9 Å². The lowest BCUT2D eigenvalue weighted by Crippen LogP contribution is -2.22. The highest BCUT2D eigenvalue weighted by Crippen LogP contribution is 2.13. The first kappa shape index (κ1) is 6.39. The Bertz CT molecular complexity index is 76.8. The van der Waals surface area contributed by atoms with Crippen molar-refractivity contribution in [1.82, 2.24) is 4.31 Å². The molecule has 0 radical (unpaired) electrons. The van der Waals surface area contributed by atoms with Crippen LogP contribution in [0.2, 0.25) is 0 Å². The molecule has 0 aromatic carbocycles. The molecule has 1 unspecified atom stereocenters. The molecule has 8 heavy (non-hydrogen) atoms. The molecule has 1 heterocycles. The van der Waals surface area contributed by atoms with Crippen molar-refractivity contribution < 1.29 is 0 Å². The number of rotatable bonds is 1. The van der Waals surface area contributed by atoms with E-state index >= 15 is 0 Å². The van der Waals surface area contributed by atoms with Crippen LogP contribution in [-0.2, 0) is 0 Å². The van der Waals surface area contributed by atoms with Gasteiger partial charge in [0, 0.05) is 19.1 Å². The van der Waals surface area contributed by atoms with E-state index in [-0.39, 0.29) is 0 Å². The molecule has 0 amide bonds. The van der Waals surface area contributed by atoms with Gasteiger partial charge in [0.2, 0.25) is 0 Å². The Morgan fingerprint density at radius 1 is 1.75 bits per heavy atom. The highest BCUT2D eigenvalue weighted by Gasteiger charge is 2.16. The molecule has 1 fully saturated rings. The minimum absolute atomic E-state index is 0.433. The first-order valence-electron chi connectivity index (χ1n) is 2.87. The Hall–Kier alpha value is 0.270. The summed E-state index contributed by atoms with van der Waals surface area (Å²) in [6, 6.07) is 0.433. The molecule has 2 nitrogen and oxygen atoms in total. The van der Waals surface area contributed by atoms with Crippen LogP contribution in [0.4, 0.5) is 0 Å². The summed E-state index contributed by atoms with van der Waals surface area (Å²) in [7, 11) is 0. The average Bonchev–Trinajstić information content (AvgIpc) is 2.14. The van der Waals surface area contributed by atoms with Crippen molar-refractivity contribution in [2.45, 2.75) is 12.5 Å². The molecule has 48 valence electrons. The predicted octanol–water partition coefficient (Wildman–Crippen LogP) is 0.297. The fourth-order valence-corrected chi connectivity index (χ4v) is 1.55. The standard InChI is InChI=1S/C5H12N2S/c1-8-7-3-2-5(6)4-7/h5H,2-4,6H2,1H3. The zero-order valence-corrected chi connectivity index (χ0v) is 5.95. The summed E-state index contributed by atoms with van der Waals surface area (Å²) in [5.74, 6) is 0. The van der Waals surface area contributed by atoms with Crippen molar-refractivity contribution in [3.8, 4) is 0 Å². The van der Waals surface area contributed by atoms with E-state index < -0.39 is 0 Å². The minimum atomic E-state index is 0.433. The Morgan fingerprint density at radius 2 is 2.50 bits per heavy atom. The third-order valence-corrected chi connectivity index (χ3v) is 2.29. The monoisotopic (exact) mass is 132 g/mol. The first-order valence-corrected chi connectivity index (χ1v) is 4.05. The van der Waals surface area contributed by atoms with Crippen molar-refractivity contribution in [3.05, 3.63) is 0 Å². The van der Waals surface area contributed by atoms with Crippen molar-refractivity contribution in [1.29, 1.82) is 0 Å². The maximum atomic E-state index is 5.65. The normalized spacial score (nSPS) is 31.5. The second-order valence-electron chi connectivity index (χ2n) is 2.12. The molecule has 0 saturated carbocycles. The Morgan fingerprint density at radius 3 is 2.75 bits per heavy atom. The lowest BCUT2D eigenvalue weighted by Gasteiger charge is -2.08. The van der Waals surface area contributed by atoms with Crippen molar-refractivity contribution in [2.75, 3.05) is 19.3 Å². The van der Waals surface area contributed by atoms with Crippen molar-refractivity contribution >= 4 is 11.9 Å². The molecule has 0 bridgehead atoms. The van der Waals surface area contributed by atoms with Gasteiger partial charge in [0.05, 0.1) is 0 Å². The molecular weight excluding hydrogens is 120 g/mol. The van der Waals surface area contributed by atoms with Crippen LogP contribution in [-0.4, -0.2) is 29.7 Å². The lowest BCUT2D eigenvalue weighted by molar-refractivity contribution is 0.575. The fourth-order valence-electron chi connectivity index (χ4n) is 0.920. The summed E-state index contributed by atoms with van der Waals surface area (Å²) < 4.78 is 2.30. The molecule has 0 spiro atoms. The van der Waals surface area contributed by atoms with E-state index in [2.05, 4.69) is 10.6 Å². The average molecular weight is 132 g/mol. The highest BCUT2D eigenvalue weighted by molar-refractivity contribution is 7.96. The van der Waals surface area contributed by atoms with E-state index in [1.165, 1.54) is 13.0 Å². The van der Waals surface area contributed by atoms with Crippen LogP contribution in [0.3, 0.4) is 0 Å². The summed E-state index contributed by atoms with van der Waals surface area (Å²) in [5.41, 5.74) is 5.65. The molecule has 1 atom stereocenters. The zero-order chi connectivity index (χ0) is 5.98. The van der Waals surface area contributed by atoms with Gasteiger partial charge >= 0.3 is 0 Å². The third-order valence-electron chi connectivity index (χ3n) is 1.45. The van der Waals surface area contributed by atoms with Crippen molar-refractivity contribution in [2.24, 2.45) is 5.73 Å². The van der Waals surface area contributed by atoms with Crippen LogP contribution in [0.5, 0.6) is 0 Å². The first-order chi connectivity index (χ1) is 3.83. The summed E-state index contributed by atoms with van der Waals surface area (Å²) in [6.45, 7) is 2.24. The van der Waals surface area contributed by atoms with E-state index in [0.29, 0.717) is 6.04 Å². The van der Waals surface area contributed by atoms with E-state index in [1.54, 1.807) is 11.9 Å². The summed E-state index contributed by atoms with van der Waals surface area (Å²) in [5, 5.41) is 0. The molecule has 1 aliphatic heterocycles. The molecule has 1 aliphatic rings. The molecule has 0 aromatic rings. The summed E-state index contributed by atoms with van der Waals surface area (Å²) in [6.07, 6.45) is 3.26. The number of hydrogen-bond donors (Lipinski definition) is 1. The third kappa shape index (κ3) is 1.37. The van der Waals surface area contributed by atoms with Gasteiger partial charge < -0.3 is 5.73 Å². The van der Waals surface area contributed by atoms with Crippen LogP contribution in [0.25, 0.3) is 0 Å². The molecule has 1 saturated heterocycles. The second kappa shape index (κ2) is 2.71. The van der Waals surface area contributed by atoms with Crippen molar-refractivity contribution in [3.63, 3.8) is 0 Å². The van der Waals surface area contributed by atoms with E-state index in [4.69, 9.17) is 5.73 Å². The predicted molar refractivity (Wildman–Crippen MR) is 37.7 cm³/mol. The van der Waals surface area contributed by atoms with E-state index in [1.807, 2.05) is 0 Å². The Kier molecular flexibility index (Phi) is 2.16. The summed E-state index contributed by atoms with van der Waals surface area (Å²) in [4.78, 5) is 0. The second-order valence-corrected chi connectivity index (χ2v) is 3.00. The number of nitrogens with zero attached hydrogens (tertiary/aromatic N) is 1. The molecule has 2 N–H and O–H groups in total. The smallest absolute Gasteiger partial charge is 0.0242 e. The van der Waals surface area contributed by atoms with Gasteiger partial charge in [-0.3, -0.25) is 0 Å². The highest BCUT2D eigenvalue weighted by atomic mass is 32.2. The zero-order valence-electron chi connectivity index (χ0n) is 5.13. The van der Waals surface area contributed by atoms with Gasteiger partial charge in [0.15, 0.2) is 0 Å². The largest absolute Gasteiger partial charge is 0.326 e. The van der Waals surface area contributed by atoms with E-state index in [9.17, 15) is 0 Å². The van der Waals surface area contributed by atoms with Gasteiger partial charge in [-0.05, 0) is 12.7 Å². The maximum Gasteiger partial charge on any atom is 0.0242 e. The molecular formula is C5H12N2S. The van der Waals surface area contributed by atoms with Crippen LogP contribution in [0, 0.1) is 0 Å². The minimum Gasteiger partial charge on any atom is -0.326 e.